The summed E-state index contributed by atoms with van der Waals surface area (Å²) in [6.07, 6.45) is -0.211. The van der Waals surface area contributed by atoms with Crippen LogP contribution in [0.2, 0.25) is 4.34 Å². The van der Waals surface area contributed by atoms with Gasteiger partial charge in [-0.25, -0.2) is 4.79 Å². The van der Waals surface area contributed by atoms with Crippen LogP contribution in [-0.2, 0) is 11.3 Å². The Morgan fingerprint density at radius 3 is 2.54 bits per heavy atom. The summed E-state index contributed by atoms with van der Waals surface area (Å²) in [6, 6.07) is 3.71. The van der Waals surface area contributed by atoms with Gasteiger partial charge in [-0.15, -0.1) is 11.3 Å². The zero-order valence-corrected chi connectivity index (χ0v) is 16.0. The molecule has 0 atom stereocenters. The first-order valence-corrected chi connectivity index (χ1v) is 8.80. The lowest BCUT2D eigenvalue weighted by atomic mass is 10.1. The van der Waals surface area contributed by atoms with Crippen LogP contribution < -0.4 is 0 Å². The van der Waals surface area contributed by atoms with E-state index in [1.165, 1.54) is 11.3 Å². The highest BCUT2D eigenvalue weighted by Crippen LogP contribution is 2.24. The monoisotopic (exact) mass is 368 g/mol. The summed E-state index contributed by atoms with van der Waals surface area (Å²) in [5.74, 6) is -0.591. The summed E-state index contributed by atoms with van der Waals surface area (Å²) in [5, 5.41) is 0. The summed E-state index contributed by atoms with van der Waals surface area (Å²) in [7, 11) is 1.72. The number of rotatable bonds is 5. The highest BCUT2D eigenvalue weighted by atomic mass is 35.5. The van der Waals surface area contributed by atoms with E-state index in [0.717, 1.165) is 4.88 Å². The van der Waals surface area contributed by atoms with Crippen LogP contribution in [0.3, 0.4) is 0 Å². The van der Waals surface area contributed by atoms with Gasteiger partial charge in [-0.2, -0.15) is 0 Å². The minimum atomic E-state index is -0.414. The highest BCUT2D eigenvalue weighted by molar-refractivity contribution is 7.16. The van der Waals surface area contributed by atoms with Crippen molar-refractivity contribution in [2.45, 2.75) is 40.3 Å². The molecule has 0 unspecified atom stereocenters. The van der Waals surface area contributed by atoms with Crippen molar-refractivity contribution in [2.75, 3.05) is 7.05 Å². The Kier molecular flexibility index (Phi) is 5.72. The van der Waals surface area contributed by atoms with Crippen LogP contribution in [0.25, 0.3) is 0 Å². The number of hydrogen-bond donors (Lipinski definition) is 1. The lowest BCUT2D eigenvalue weighted by Crippen LogP contribution is -2.26. The van der Waals surface area contributed by atoms with Crippen molar-refractivity contribution in [1.29, 1.82) is 0 Å². The molecule has 2 aromatic rings. The summed E-state index contributed by atoms with van der Waals surface area (Å²) in [6.45, 7) is 7.56. The zero-order valence-electron chi connectivity index (χ0n) is 14.4. The standard InChI is InChI=1S/C17H21ClN2O3S/c1-9(2)23-17(22)14-10(3)15(19-11(14)4)16(21)20(5)8-12-6-7-13(18)24-12/h6-7,9,19H,8H2,1-5H3. The molecule has 130 valence electrons. The molecule has 2 rings (SSSR count). The third kappa shape index (κ3) is 3.99. The quantitative estimate of drug-likeness (QED) is 0.805. The van der Waals surface area contributed by atoms with Crippen LogP contribution in [0.1, 0.15) is 50.8 Å². The normalized spacial score (nSPS) is 11.0. The second kappa shape index (κ2) is 7.40. The van der Waals surface area contributed by atoms with E-state index in [9.17, 15) is 9.59 Å². The van der Waals surface area contributed by atoms with E-state index in [2.05, 4.69) is 4.98 Å². The van der Waals surface area contributed by atoms with Crippen molar-refractivity contribution in [3.05, 3.63) is 43.9 Å². The van der Waals surface area contributed by atoms with E-state index < -0.39 is 5.97 Å². The van der Waals surface area contributed by atoms with E-state index in [1.807, 2.05) is 12.1 Å². The number of halogens is 1. The molecule has 7 heteroatoms. The van der Waals surface area contributed by atoms with E-state index >= 15 is 0 Å². The molecule has 0 radical (unpaired) electrons. The fraction of sp³-hybridized carbons (Fsp3) is 0.412. The van der Waals surface area contributed by atoms with Crippen molar-refractivity contribution in [3.63, 3.8) is 0 Å². The van der Waals surface area contributed by atoms with Crippen LogP contribution in [0.4, 0.5) is 0 Å². The molecule has 0 bridgehead atoms. The minimum absolute atomic E-state index is 0.177. The van der Waals surface area contributed by atoms with Gasteiger partial charge in [0, 0.05) is 17.6 Å². The van der Waals surface area contributed by atoms with Crippen LogP contribution in [-0.4, -0.2) is 34.9 Å². The maximum Gasteiger partial charge on any atom is 0.340 e. The third-order valence-corrected chi connectivity index (χ3v) is 4.78. The molecule has 0 aromatic carbocycles. The van der Waals surface area contributed by atoms with Crippen molar-refractivity contribution in [3.8, 4) is 0 Å². The van der Waals surface area contributed by atoms with Crippen LogP contribution in [0.15, 0.2) is 12.1 Å². The Labute approximate surface area is 150 Å². The fourth-order valence-corrected chi connectivity index (χ4v) is 3.62. The van der Waals surface area contributed by atoms with Gasteiger partial charge in [0.15, 0.2) is 0 Å². The Morgan fingerprint density at radius 1 is 1.33 bits per heavy atom. The van der Waals surface area contributed by atoms with Gasteiger partial charge in [-0.3, -0.25) is 4.79 Å². The van der Waals surface area contributed by atoms with Gasteiger partial charge in [0.25, 0.3) is 5.91 Å². The molecule has 0 aliphatic carbocycles. The Hall–Kier alpha value is -1.79. The van der Waals surface area contributed by atoms with Gasteiger partial charge in [0.1, 0.15) is 5.69 Å². The number of amides is 1. The van der Waals surface area contributed by atoms with Crippen molar-refractivity contribution >= 4 is 34.8 Å². The molecule has 0 saturated heterocycles. The SMILES string of the molecule is Cc1[nH]c(C(=O)N(C)Cc2ccc(Cl)s2)c(C)c1C(=O)OC(C)C. The molecule has 0 fully saturated rings. The Balaban J connectivity index is 2.22. The number of aromatic amines is 1. The number of aryl methyl sites for hydroxylation is 1. The Bertz CT molecular complexity index is 764. The number of thiophene rings is 1. The molecule has 1 N–H and O–H groups in total. The number of H-pyrrole nitrogens is 1. The molecule has 0 aliphatic rings. The molecule has 2 aromatic heterocycles. The molecule has 1 amide bonds. The minimum Gasteiger partial charge on any atom is -0.459 e. The molecule has 0 aliphatic heterocycles. The van der Waals surface area contributed by atoms with Gasteiger partial charge in [-0.05, 0) is 45.4 Å². The molecular weight excluding hydrogens is 348 g/mol. The average molecular weight is 369 g/mol. The molecule has 0 saturated carbocycles. The number of nitrogens with zero attached hydrogens (tertiary/aromatic N) is 1. The second-order valence-corrected chi connectivity index (χ2v) is 7.75. The summed E-state index contributed by atoms with van der Waals surface area (Å²) in [5.41, 5.74) is 2.08. The van der Waals surface area contributed by atoms with Gasteiger partial charge in [0.2, 0.25) is 0 Å². The number of aromatic nitrogens is 1. The van der Waals surface area contributed by atoms with E-state index in [1.54, 1.807) is 39.6 Å². The predicted molar refractivity (Wildman–Crippen MR) is 95.9 cm³/mol. The lowest BCUT2D eigenvalue weighted by Gasteiger charge is -2.16. The first-order valence-electron chi connectivity index (χ1n) is 7.60. The fourth-order valence-electron chi connectivity index (χ4n) is 2.48. The smallest absolute Gasteiger partial charge is 0.340 e. The molecule has 2 heterocycles. The third-order valence-electron chi connectivity index (χ3n) is 3.57. The molecular formula is C17H21ClN2O3S. The number of hydrogen-bond acceptors (Lipinski definition) is 4. The first-order chi connectivity index (χ1) is 11.2. The van der Waals surface area contributed by atoms with Crippen molar-refractivity contribution in [1.82, 2.24) is 9.88 Å². The van der Waals surface area contributed by atoms with E-state index in [4.69, 9.17) is 16.3 Å². The van der Waals surface area contributed by atoms with E-state index in [-0.39, 0.29) is 12.0 Å². The maximum atomic E-state index is 12.7. The van der Waals surface area contributed by atoms with Crippen LogP contribution >= 0.6 is 22.9 Å². The van der Waals surface area contributed by atoms with Crippen molar-refractivity contribution in [2.24, 2.45) is 0 Å². The first kappa shape index (κ1) is 18.5. The van der Waals surface area contributed by atoms with Gasteiger partial charge in [0.05, 0.1) is 22.5 Å². The number of carbonyl (C=O) groups excluding carboxylic acids is 2. The van der Waals surface area contributed by atoms with Gasteiger partial charge < -0.3 is 14.6 Å². The molecule has 5 nitrogen and oxygen atoms in total. The number of nitrogens with one attached hydrogen (secondary N) is 1. The van der Waals surface area contributed by atoms with Gasteiger partial charge in [-0.1, -0.05) is 11.6 Å². The van der Waals surface area contributed by atoms with Crippen molar-refractivity contribution < 1.29 is 14.3 Å². The number of esters is 1. The van der Waals surface area contributed by atoms with Crippen LogP contribution in [0, 0.1) is 13.8 Å². The number of carbonyl (C=O) groups is 2. The topological polar surface area (TPSA) is 62.4 Å². The molecule has 24 heavy (non-hydrogen) atoms. The Morgan fingerprint density at radius 2 is 2.00 bits per heavy atom. The number of ether oxygens (including phenoxy) is 1. The average Bonchev–Trinajstić information content (AvgIpc) is 3.00. The second-order valence-electron chi connectivity index (χ2n) is 5.95. The van der Waals surface area contributed by atoms with Crippen LogP contribution in [0.5, 0.6) is 0 Å². The summed E-state index contributed by atoms with van der Waals surface area (Å²) >= 11 is 7.36. The molecule has 0 spiro atoms. The maximum absolute atomic E-state index is 12.7. The lowest BCUT2D eigenvalue weighted by molar-refractivity contribution is 0.0376. The predicted octanol–water partition coefficient (Wildman–Crippen LogP) is 4.18. The summed E-state index contributed by atoms with van der Waals surface area (Å²) < 4.78 is 5.94. The van der Waals surface area contributed by atoms with E-state index in [0.29, 0.717) is 33.4 Å². The summed E-state index contributed by atoms with van der Waals surface area (Å²) in [4.78, 5) is 30.5. The largest absolute Gasteiger partial charge is 0.459 e. The van der Waals surface area contributed by atoms with Gasteiger partial charge >= 0.3 is 5.97 Å². The highest BCUT2D eigenvalue weighted by Gasteiger charge is 2.25. The zero-order chi connectivity index (χ0) is 18.0.